The minimum absolute atomic E-state index is 0.611. The summed E-state index contributed by atoms with van der Waals surface area (Å²) in [5.74, 6) is 0. The Labute approximate surface area is 108 Å². The van der Waals surface area contributed by atoms with Gasteiger partial charge in [-0.2, -0.15) is 0 Å². The van der Waals surface area contributed by atoms with Gasteiger partial charge in [0.15, 0.2) is 0 Å². The van der Waals surface area contributed by atoms with E-state index in [9.17, 15) is 4.79 Å². The number of halogens is 1. The first-order valence-electron chi connectivity index (χ1n) is 6.27. The van der Waals surface area contributed by atoms with Crippen molar-refractivity contribution in [2.75, 3.05) is 11.4 Å². The van der Waals surface area contributed by atoms with Crippen LogP contribution in [0.2, 0.25) is 5.02 Å². The molecule has 17 heavy (non-hydrogen) atoms. The summed E-state index contributed by atoms with van der Waals surface area (Å²) < 4.78 is 0. The van der Waals surface area contributed by atoms with Crippen LogP contribution in [0.25, 0.3) is 0 Å². The highest BCUT2D eigenvalue weighted by molar-refractivity contribution is 6.33. The maximum absolute atomic E-state index is 10.7. The molecule has 0 amide bonds. The van der Waals surface area contributed by atoms with Gasteiger partial charge in [-0.15, -0.1) is 0 Å². The summed E-state index contributed by atoms with van der Waals surface area (Å²) in [6.07, 6.45) is 5.96. The van der Waals surface area contributed by atoms with E-state index in [1.807, 2.05) is 12.1 Å². The van der Waals surface area contributed by atoms with Gasteiger partial charge in [0, 0.05) is 18.2 Å². The van der Waals surface area contributed by atoms with E-state index in [-0.39, 0.29) is 0 Å². The average Bonchev–Trinajstić information content (AvgIpc) is 2.85. The fraction of sp³-hybridized carbons (Fsp3) is 0.500. The largest absolute Gasteiger partial charge is 0.368 e. The lowest BCUT2D eigenvalue weighted by Crippen LogP contribution is -2.33. The maximum atomic E-state index is 10.7. The van der Waals surface area contributed by atoms with Crippen molar-refractivity contribution in [1.29, 1.82) is 0 Å². The lowest BCUT2D eigenvalue weighted by Gasteiger charge is -2.30. The molecular weight excluding hydrogens is 234 g/mol. The Morgan fingerprint density at radius 1 is 1.41 bits per heavy atom. The van der Waals surface area contributed by atoms with Crippen LogP contribution in [0.3, 0.4) is 0 Å². The summed E-state index contributed by atoms with van der Waals surface area (Å²) in [5, 5.41) is 0.684. The van der Waals surface area contributed by atoms with Crippen molar-refractivity contribution >= 4 is 23.6 Å². The zero-order valence-corrected chi connectivity index (χ0v) is 10.9. The Kier molecular flexibility index (Phi) is 4.06. The van der Waals surface area contributed by atoms with Gasteiger partial charge in [0.2, 0.25) is 0 Å². The van der Waals surface area contributed by atoms with Crippen molar-refractivity contribution in [3.05, 3.63) is 28.8 Å². The van der Waals surface area contributed by atoms with E-state index in [1.165, 1.54) is 25.7 Å². The third kappa shape index (κ3) is 2.63. The zero-order valence-electron chi connectivity index (χ0n) is 10.2. The van der Waals surface area contributed by atoms with Crippen molar-refractivity contribution in [2.24, 2.45) is 0 Å². The highest BCUT2D eigenvalue weighted by atomic mass is 35.5. The smallest absolute Gasteiger partial charge is 0.150 e. The highest BCUT2D eigenvalue weighted by Crippen LogP contribution is 2.33. The summed E-state index contributed by atoms with van der Waals surface area (Å²) in [4.78, 5) is 13.1. The van der Waals surface area contributed by atoms with Crippen LogP contribution in [0, 0.1) is 0 Å². The van der Waals surface area contributed by atoms with E-state index >= 15 is 0 Å². The van der Waals surface area contributed by atoms with Crippen LogP contribution in [0.4, 0.5) is 5.69 Å². The highest BCUT2D eigenvalue weighted by Gasteiger charge is 2.23. The van der Waals surface area contributed by atoms with Crippen molar-refractivity contribution in [3.63, 3.8) is 0 Å². The van der Waals surface area contributed by atoms with Crippen LogP contribution in [-0.4, -0.2) is 18.9 Å². The van der Waals surface area contributed by atoms with Crippen LogP contribution in [-0.2, 0) is 0 Å². The summed E-state index contributed by atoms with van der Waals surface area (Å²) in [5.41, 5.74) is 1.70. The molecule has 1 aromatic carbocycles. The Morgan fingerprint density at radius 3 is 2.65 bits per heavy atom. The van der Waals surface area contributed by atoms with Crippen molar-refractivity contribution < 1.29 is 4.79 Å². The minimum atomic E-state index is 0.611. The molecule has 3 heteroatoms. The minimum Gasteiger partial charge on any atom is -0.368 e. The molecule has 0 unspecified atom stereocenters. The van der Waals surface area contributed by atoms with Gasteiger partial charge in [-0.25, -0.2) is 0 Å². The van der Waals surface area contributed by atoms with Crippen LogP contribution >= 0.6 is 11.6 Å². The molecule has 1 fully saturated rings. The van der Waals surface area contributed by atoms with Gasteiger partial charge in [0.1, 0.15) is 6.29 Å². The molecule has 0 saturated heterocycles. The number of aldehydes is 1. The molecule has 0 atom stereocenters. The van der Waals surface area contributed by atoms with Gasteiger partial charge < -0.3 is 4.90 Å². The molecule has 2 rings (SSSR count). The molecule has 0 heterocycles. The van der Waals surface area contributed by atoms with Crippen molar-refractivity contribution in [1.82, 2.24) is 0 Å². The zero-order chi connectivity index (χ0) is 12.3. The second-order valence-corrected chi connectivity index (χ2v) is 4.96. The summed E-state index contributed by atoms with van der Waals surface area (Å²) in [7, 11) is 0. The van der Waals surface area contributed by atoms with Gasteiger partial charge in [-0.3, -0.25) is 4.79 Å². The molecule has 0 spiro atoms. The van der Waals surface area contributed by atoms with Crippen LogP contribution < -0.4 is 4.90 Å². The number of rotatable bonds is 4. The molecule has 0 N–H and O–H groups in total. The average molecular weight is 252 g/mol. The third-order valence-electron chi connectivity index (χ3n) is 3.52. The quantitative estimate of drug-likeness (QED) is 0.756. The van der Waals surface area contributed by atoms with Crippen molar-refractivity contribution in [2.45, 2.75) is 38.6 Å². The molecule has 1 aliphatic carbocycles. The van der Waals surface area contributed by atoms with Crippen LogP contribution in [0.15, 0.2) is 18.2 Å². The normalized spacial score (nSPS) is 16.1. The fourth-order valence-electron chi connectivity index (χ4n) is 2.67. The Morgan fingerprint density at radius 2 is 2.12 bits per heavy atom. The molecule has 0 bridgehead atoms. The Bertz CT molecular complexity index is 399. The second-order valence-electron chi connectivity index (χ2n) is 4.55. The number of anilines is 1. The Hall–Kier alpha value is -1.02. The maximum Gasteiger partial charge on any atom is 0.150 e. The summed E-state index contributed by atoms with van der Waals surface area (Å²) in [6, 6.07) is 6.17. The van der Waals surface area contributed by atoms with Gasteiger partial charge >= 0.3 is 0 Å². The molecule has 0 aromatic heterocycles. The number of hydrogen-bond donors (Lipinski definition) is 0. The topological polar surface area (TPSA) is 20.3 Å². The van der Waals surface area contributed by atoms with Gasteiger partial charge in [-0.1, -0.05) is 24.4 Å². The number of benzene rings is 1. The molecular formula is C14H18ClNO. The predicted molar refractivity (Wildman–Crippen MR) is 72.1 cm³/mol. The molecule has 1 aliphatic rings. The molecule has 1 aromatic rings. The van der Waals surface area contributed by atoms with Gasteiger partial charge in [0.05, 0.1) is 10.7 Å². The molecule has 1 saturated carbocycles. The predicted octanol–water partition coefficient (Wildman–Crippen LogP) is 3.92. The molecule has 92 valence electrons. The van der Waals surface area contributed by atoms with E-state index in [0.717, 1.165) is 18.5 Å². The summed E-state index contributed by atoms with van der Waals surface area (Å²) in [6.45, 7) is 3.12. The first-order valence-corrected chi connectivity index (χ1v) is 6.65. The fourth-order valence-corrected chi connectivity index (χ4v) is 2.97. The van der Waals surface area contributed by atoms with Crippen LogP contribution in [0.1, 0.15) is 43.0 Å². The summed E-state index contributed by atoms with van der Waals surface area (Å²) >= 11 is 6.26. The number of carbonyl (C=O) groups is 1. The van der Waals surface area contributed by atoms with Gasteiger partial charge in [0.25, 0.3) is 0 Å². The number of nitrogens with zero attached hydrogens (tertiary/aromatic N) is 1. The van der Waals surface area contributed by atoms with E-state index in [2.05, 4.69) is 11.8 Å². The standard InChI is InChI=1S/C14H18ClNO/c1-2-16(12-5-3-4-6-12)14-8-7-11(10-17)9-13(14)15/h7-10,12H,2-6H2,1H3. The molecule has 2 nitrogen and oxygen atoms in total. The van der Waals surface area contributed by atoms with Gasteiger partial charge in [-0.05, 0) is 38.0 Å². The Balaban J connectivity index is 2.26. The second kappa shape index (κ2) is 5.54. The lowest BCUT2D eigenvalue weighted by molar-refractivity contribution is 0.112. The first-order chi connectivity index (χ1) is 8.26. The van der Waals surface area contributed by atoms with E-state index in [0.29, 0.717) is 16.6 Å². The lowest BCUT2D eigenvalue weighted by atomic mass is 10.1. The van der Waals surface area contributed by atoms with Crippen LogP contribution in [0.5, 0.6) is 0 Å². The van der Waals surface area contributed by atoms with E-state index < -0.39 is 0 Å². The molecule has 0 aliphatic heterocycles. The third-order valence-corrected chi connectivity index (χ3v) is 3.83. The number of carbonyl (C=O) groups excluding carboxylic acids is 1. The SMILES string of the molecule is CCN(c1ccc(C=O)cc1Cl)C1CCCC1. The van der Waals surface area contributed by atoms with E-state index in [1.54, 1.807) is 6.07 Å². The molecule has 0 radical (unpaired) electrons. The van der Waals surface area contributed by atoms with E-state index in [4.69, 9.17) is 11.6 Å². The number of hydrogen-bond acceptors (Lipinski definition) is 2. The van der Waals surface area contributed by atoms with Crippen molar-refractivity contribution in [3.8, 4) is 0 Å². The monoisotopic (exact) mass is 251 g/mol. The first kappa shape index (κ1) is 12.4.